The van der Waals surface area contributed by atoms with Crippen molar-refractivity contribution in [2.24, 2.45) is 14.1 Å². The van der Waals surface area contributed by atoms with E-state index in [1.54, 1.807) is 32.4 Å². The van der Waals surface area contributed by atoms with Crippen LogP contribution in [0.4, 0.5) is 0 Å². The average Bonchev–Trinajstić information content (AvgIpc) is 2.73. The van der Waals surface area contributed by atoms with Crippen molar-refractivity contribution in [3.8, 4) is 22.9 Å². The van der Waals surface area contributed by atoms with Gasteiger partial charge in [0.2, 0.25) is 0 Å². The summed E-state index contributed by atoms with van der Waals surface area (Å²) in [5, 5.41) is 9.85. The lowest BCUT2D eigenvalue weighted by molar-refractivity contribution is 0.322. The third-order valence-corrected chi connectivity index (χ3v) is 5.19. The van der Waals surface area contributed by atoms with Gasteiger partial charge in [0.15, 0.2) is 23.0 Å². The van der Waals surface area contributed by atoms with Gasteiger partial charge in [0.05, 0.1) is 20.8 Å². The molecular weight excluding hydrogens is 384 g/mol. The molecule has 9 nitrogen and oxygen atoms in total. The van der Waals surface area contributed by atoms with Gasteiger partial charge in [0.1, 0.15) is 10.4 Å². The van der Waals surface area contributed by atoms with Crippen LogP contribution in [0.2, 0.25) is 0 Å². The summed E-state index contributed by atoms with van der Waals surface area (Å²) in [6.07, 6.45) is 0. The highest BCUT2D eigenvalue weighted by Crippen LogP contribution is 2.32. The number of aromatic nitrogens is 4. The number of hydrogen-bond donors (Lipinski definition) is 1. The maximum absolute atomic E-state index is 12.7. The number of fused-ring (bicyclic) bond motifs is 1. The van der Waals surface area contributed by atoms with Gasteiger partial charge in [0, 0.05) is 25.4 Å². The molecule has 3 rings (SSSR count). The second kappa shape index (κ2) is 8.03. The number of aliphatic hydroxyl groups excluding tert-OH is 1. The first-order valence-corrected chi connectivity index (χ1v) is 9.35. The van der Waals surface area contributed by atoms with Crippen molar-refractivity contribution < 1.29 is 14.6 Å². The zero-order valence-electron chi connectivity index (χ0n) is 15.9. The van der Waals surface area contributed by atoms with Crippen LogP contribution in [0.25, 0.3) is 22.4 Å². The first-order valence-electron chi connectivity index (χ1n) is 8.36. The highest BCUT2D eigenvalue weighted by Gasteiger charge is 2.18. The summed E-state index contributed by atoms with van der Waals surface area (Å²) in [5.41, 5.74) is -0.0863. The van der Waals surface area contributed by atoms with E-state index in [2.05, 4.69) is 9.97 Å². The molecule has 0 radical (unpaired) electrons. The SMILES string of the molecule is COc1ccc(-c2nc(SCCO)c3c(=O)n(C)c(=O)n(C)c3n2)cc1OC. The van der Waals surface area contributed by atoms with Crippen LogP contribution in [0.3, 0.4) is 0 Å². The summed E-state index contributed by atoms with van der Waals surface area (Å²) < 4.78 is 12.9. The van der Waals surface area contributed by atoms with E-state index >= 15 is 0 Å². The quantitative estimate of drug-likeness (QED) is 0.475. The molecule has 1 N–H and O–H groups in total. The minimum Gasteiger partial charge on any atom is -0.493 e. The number of benzene rings is 1. The van der Waals surface area contributed by atoms with Crippen LogP contribution in [-0.4, -0.2) is 50.8 Å². The van der Waals surface area contributed by atoms with E-state index in [1.165, 1.54) is 30.5 Å². The second-order valence-corrected chi connectivity index (χ2v) is 6.98. The number of ether oxygens (including phenoxy) is 2. The Morgan fingerprint density at radius 1 is 1.07 bits per heavy atom. The molecule has 0 spiro atoms. The third kappa shape index (κ3) is 3.36. The smallest absolute Gasteiger partial charge is 0.332 e. The lowest BCUT2D eigenvalue weighted by atomic mass is 10.2. The van der Waals surface area contributed by atoms with Crippen LogP contribution in [0.5, 0.6) is 11.5 Å². The maximum Gasteiger partial charge on any atom is 0.332 e. The van der Waals surface area contributed by atoms with Crippen LogP contribution >= 0.6 is 11.8 Å². The van der Waals surface area contributed by atoms with Crippen molar-refractivity contribution in [1.82, 2.24) is 19.1 Å². The van der Waals surface area contributed by atoms with E-state index in [-0.39, 0.29) is 17.6 Å². The van der Waals surface area contributed by atoms with Gasteiger partial charge in [0.25, 0.3) is 5.56 Å². The molecule has 2 aromatic heterocycles. The van der Waals surface area contributed by atoms with Crippen molar-refractivity contribution in [2.75, 3.05) is 26.6 Å². The Balaban J connectivity index is 2.33. The van der Waals surface area contributed by atoms with Crippen molar-refractivity contribution >= 4 is 22.8 Å². The summed E-state index contributed by atoms with van der Waals surface area (Å²) in [6.45, 7) is -0.0755. The second-order valence-electron chi connectivity index (χ2n) is 5.90. The molecule has 0 aliphatic heterocycles. The van der Waals surface area contributed by atoms with Gasteiger partial charge in [-0.25, -0.2) is 14.8 Å². The normalized spacial score (nSPS) is 11.0. The molecule has 10 heteroatoms. The first-order chi connectivity index (χ1) is 13.4. The van der Waals surface area contributed by atoms with E-state index in [9.17, 15) is 14.7 Å². The van der Waals surface area contributed by atoms with Crippen LogP contribution in [-0.2, 0) is 14.1 Å². The zero-order valence-corrected chi connectivity index (χ0v) is 16.7. The number of methoxy groups -OCH3 is 2. The molecule has 0 fully saturated rings. The Kier molecular flexibility index (Phi) is 5.71. The Hall–Kier alpha value is -2.85. The Labute approximate surface area is 164 Å². The van der Waals surface area contributed by atoms with Gasteiger partial charge in [-0.3, -0.25) is 13.9 Å². The number of thioether (sulfide) groups is 1. The molecular formula is C18H20N4O5S. The Morgan fingerprint density at radius 2 is 1.79 bits per heavy atom. The van der Waals surface area contributed by atoms with E-state index in [0.29, 0.717) is 33.7 Å². The fraction of sp³-hybridized carbons (Fsp3) is 0.333. The molecule has 0 unspecified atom stereocenters. The fourth-order valence-electron chi connectivity index (χ4n) is 2.78. The summed E-state index contributed by atoms with van der Waals surface area (Å²) in [7, 11) is 6.03. The van der Waals surface area contributed by atoms with E-state index in [0.717, 1.165) is 4.57 Å². The lowest BCUT2D eigenvalue weighted by Crippen LogP contribution is -2.37. The average molecular weight is 404 g/mol. The lowest BCUT2D eigenvalue weighted by Gasteiger charge is -2.13. The molecule has 0 saturated heterocycles. The van der Waals surface area contributed by atoms with Crippen molar-refractivity contribution in [3.05, 3.63) is 39.0 Å². The Bertz CT molecular complexity index is 1160. The molecule has 0 amide bonds. The van der Waals surface area contributed by atoms with Crippen LogP contribution < -0.4 is 20.7 Å². The topological polar surface area (TPSA) is 108 Å². The molecule has 3 aromatic rings. The zero-order chi connectivity index (χ0) is 20.4. The molecule has 0 atom stereocenters. The Morgan fingerprint density at radius 3 is 2.43 bits per heavy atom. The monoisotopic (exact) mass is 404 g/mol. The summed E-state index contributed by atoms with van der Waals surface area (Å²) in [6, 6.07) is 5.22. The number of aryl methyl sites for hydroxylation is 1. The number of rotatable bonds is 6. The molecule has 2 heterocycles. The summed E-state index contributed by atoms with van der Waals surface area (Å²) in [4.78, 5) is 34.0. The van der Waals surface area contributed by atoms with Crippen molar-refractivity contribution in [1.29, 1.82) is 0 Å². The molecule has 28 heavy (non-hydrogen) atoms. The first kappa shape index (κ1) is 19.9. The van der Waals surface area contributed by atoms with Gasteiger partial charge in [-0.1, -0.05) is 0 Å². The molecule has 0 aliphatic carbocycles. The van der Waals surface area contributed by atoms with Crippen molar-refractivity contribution in [2.45, 2.75) is 5.03 Å². The maximum atomic E-state index is 12.7. The van der Waals surface area contributed by atoms with E-state index in [1.807, 2.05) is 0 Å². The standard InChI is InChI=1S/C18H20N4O5S/c1-21-15-13(17(24)22(2)18(21)25)16(28-8-7-23)20-14(19-15)10-5-6-11(26-3)12(9-10)27-4/h5-6,9,23H,7-8H2,1-4H3. The highest BCUT2D eigenvalue weighted by molar-refractivity contribution is 7.99. The molecule has 148 valence electrons. The largest absolute Gasteiger partial charge is 0.493 e. The number of nitrogens with zero attached hydrogens (tertiary/aromatic N) is 4. The minimum atomic E-state index is -0.479. The van der Waals surface area contributed by atoms with Crippen molar-refractivity contribution in [3.63, 3.8) is 0 Å². The van der Waals surface area contributed by atoms with Crippen LogP contribution in [0.15, 0.2) is 32.8 Å². The summed E-state index contributed by atoms with van der Waals surface area (Å²) in [5.74, 6) is 1.75. The molecule has 0 saturated carbocycles. The van der Waals surface area contributed by atoms with Gasteiger partial charge >= 0.3 is 5.69 Å². The van der Waals surface area contributed by atoms with Gasteiger partial charge < -0.3 is 14.6 Å². The predicted molar refractivity (Wildman–Crippen MR) is 106 cm³/mol. The van der Waals surface area contributed by atoms with Gasteiger partial charge in [-0.2, -0.15) is 0 Å². The highest BCUT2D eigenvalue weighted by atomic mass is 32.2. The van der Waals surface area contributed by atoms with E-state index < -0.39 is 11.2 Å². The number of hydrogen-bond acceptors (Lipinski definition) is 8. The summed E-state index contributed by atoms with van der Waals surface area (Å²) >= 11 is 1.23. The predicted octanol–water partition coefficient (Wildman–Crippen LogP) is 0.796. The number of aliphatic hydroxyl groups is 1. The van der Waals surface area contributed by atoms with Gasteiger partial charge in [-0.05, 0) is 18.2 Å². The third-order valence-electron chi connectivity index (χ3n) is 4.24. The fourth-order valence-corrected chi connectivity index (χ4v) is 3.54. The molecule has 0 aliphatic rings. The molecule has 1 aromatic carbocycles. The van der Waals surface area contributed by atoms with E-state index in [4.69, 9.17) is 9.47 Å². The molecule has 0 bridgehead atoms. The minimum absolute atomic E-state index is 0.0755. The van der Waals surface area contributed by atoms with Crippen LogP contribution in [0.1, 0.15) is 0 Å². The van der Waals surface area contributed by atoms with Crippen LogP contribution in [0, 0.1) is 0 Å². The van der Waals surface area contributed by atoms with Gasteiger partial charge in [-0.15, -0.1) is 11.8 Å².